The molecule has 0 heterocycles. The molecule has 2 aromatic carbocycles. The maximum atomic E-state index is 10.5. The first kappa shape index (κ1) is 15.7. The zero-order chi connectivity index (χ0) is 15.7. The van der Waals surface area contributed by atoms with Crippen LogP contribution in [0.2, 0.25) is 0 Å². The second-order valence-corrected chi connectivity index (χ2v) is 6.99. The van der Waals surface area contributed by atoms with Crippen LogP contribution in [0.4, 0.5) is 0 Å². The van der Waals surface area contributed by atoms with Gasteiger partial charge in [-0.05, 0) is 51.3 Å². The molecule has 0 saturated carbocycles. The molecule has 21 heavy (non-hydrogen) atoms. The van der Waals surface area contributed by atoms with Crippen molar-refractivity contribution >= 4 is 0 Å². The molecule has 0 spiro atoms. The molecule has 0 fully saturated rings. The summed E-state index contributed by atoms with van der Waals surface area (Å²) in [6.07, 6.45) is 0. The minimum absolute atomic E-state index is 0.304. The topological polar surface area (TPSA) is 23.5 Å². The standard InChI is InChI=1S/C19H25NO/c1-18(2,3)20(21)19(4,5)17-13-11-16(12-14-17)15-9-7-6-8-10-15/h6-14,21H,1-5H3. The molecule has 1 N–H and O–H groups in total. The molecule has 0 amide bonds. The van der Waals surface area contributed by atoms with E-state index in [2.05, 4.69) is 36.4 Å². The highest BCUT2D eigenvalue weighted by Crippen LogP contribution is 2.33. The highest BCUT2D eigenvalue weighted by Gasteiger charge is 2.35. The van der Waals surface area contributed by atoms with E-state index < -0.39 is 5.54 Å². The number of hydroxylamine groups is 2. The Labute approximate surface area is 128 Å². The summed E-state index contributed by atoms with van der Waals surface area (Å²) < 4.78 is 0. The molecule has 112 valence electrons. The SMILES string of the molecule is CC(C)(C)N(O)C(C)(C)c1ccc(-c2ccccc2)cc1. The van der Waals surface area contributed by atoms with Crippen LogP contribution in [0.5, 0.6) is 0 Å². The maximum Gasteiger partial charge on any atom is 0.0658 e. The molecule has 2 nitrogen and oxygen atoms in total. The first-order valence-corrected chi connectivity index (χ1v) is 7.38. The normalized spacial score (nSPS) is 12.7. The third-order valence-corrected chi connectivity index (χ3v) is 3.86. The largest absolute Gasteiger partial charge is 0.313 e. The van der Waals surface area contributed by atoms with Gasteiger partial charge >= 0.3 is 0 Å². The summed E-state index contributed by atoms with van der Waals surface area (Å²) in [4.78, 5) is 0. The van der Waals surface area contributed by atoms with Crippen molar-refractivity contribution in [1.29, 1.82) is 0 Å². The molecular formula is C19H25NO. The van der Waals surface area contributed by atoms with Gasteiger partial charge in [0, 0.05) is 5.54 Å². The minimum atomic E-state index is -0.437. The fourth-order valence-corrected chi connectivity index (χ4v) is 2.66. The zero-order valence-corrected chi connectivity index (χ0v) is 13.6. The number of benzene rings is 2. The monoisotopic (exact) mass is 283 g/mol. The van der Waals surface area contributed by atoms with E-state index in [0.29, 0.717) is 0 Å². The van der Waals surface area contributed by atoms with E-state index in [1.54, 1.807) is 0 Å². The van der Waals surface area contributed by atoms with Crippen LogP contribution < -0.4 is 0 Å². The molecule has 0 saturated heterocycles. The van der Waals surface area contributed by atoms with Gasteiger partial charge in [-0.2, -0.15) is 5.06 Å². The molecule has 0 radical (unpaired) electrons. The summed E-state index contributed by atoms with van der Waals surface area (Å²) >= 11 is 0. The van der Waals surface area contributed by atoms with Crippen molar-refractivity contribution in [2.24, 2.45) is 0 Å². The third kappa shape index (κ3) is 3.34. The molecular weight excluding hydrogens is 258 g/mol. The highest BCUT2D eigenvalue weighted by atomic mass is 16.5. The van der Waals surface area contributed by atoms with E-state index in [4.69, 9.17) is 0 Å². The predicted molar refractivity (Wildman–Crippen MR) is 88.3 cm³/mol. The summed E-state index contributed by atoms with van der Waals surface area (Å²) in [6.45, 7) is 10.1. The van der Waals surface area contributed by atoms with Crippen molar-refractivity contribution in [2.75, 3.05) is 0 Å². The second-order valence-electron chi connectivity index (χ2n) is 6.99. The Morgan fingerprint density at radius 2 is 1.19 bits per heavy atom. The van der Waals surface area contributed by atoms with Crippen molar-refractivity contribution in [3.8, 4) is 11.1 Å². The molecule has 0 bridgehead atoms. The average molecular weight is 283 g/mol. The van der Waals surface area contributed by atoms with Crippen molar-refractivity contribution in [3.05, 3.63) is 60.2 Å². The smallest absolute Gasteiger partial charge is 0.0658 e. The van der Waals surface area contributed by atoms with Crippen LogP contribution in [-0.4, -0.2) is 15.8 Å². The Balaban J connectivity index is 2.31. The van der Waals surface area contributed by atoms with Crippen molar-refractivity contribution in [1.82, 2.24) is 5.06 Å². The van der Waals surface area contributed by atoms with Crippen LogP contribution in [0.1, 0.15) is 40.2 Å². The van der Waals surface area contributed by atoms with Crippen molar-refractivity contribution in [2.45, 2.75) is 45.7 Å². The van der Waals surface area contributed by atoms with Gasteiger partial charge in [0.15, 0.2) is 0 Å². The summed E-state index contributed by atoms with van der Waals surface area (Å²) in [5.41, 5.74) is 2.75. The van der Waals surface area contributed by atoms with E-state index in [0.717, 1.165) is 5.56 Å². The summed E-state index contributed by atoms with van der Waals surface area (Å²) in [5.74, 6) is 0. The quantitative estimate of drug-likeness (QED) is 0.794. The number of rotatable bonds is 3. The lowest BCUT2D eigenvalue weighted by atomic mass is 9.89. The van der Waals surface area contributed by atoms with Crippen molar-refractivity contribution in [3.63, 3.8) is 0 Å². The number of hydrogen-bond acceptors (Lipinski definition) is 2. The third-order valence-electron chi connectivity index (χ3n) is 3.86. The van der Waals surface area contributed by atoms with E-state index in [1.807, 2.05) is 52.8 Å². The van der Waals surface area contributed by atoms with E-state index in [-0.39, 0.29) is 5.54 Å². The fourth-order valence-electron chi connectivity index (χ4n) is 2.66. The van der Waals surface area contributed by atoms with Gasteiger partial charge in [0.05, 0.1) is 5.54 Å². The fraction of sp³-hybridized carbons (Fsp3) is 0.368. The van der Waals surface area contributed by atoms with Crippen LogP contribution in [0.3, 0.4) is 0 Å². The van der Waals surface area contributed by atoms with Gasteiger partial charge in [0.2, 0.25) is 0 Å². The Morgan fingerprint density at radius 1 is 0.714 bits per heavy atom. The molecule has 0 aliphatic rings. The summed E-state index contributed by atoms with van der Waals surface area (Å²) in [6, 6.07) is 18.7. The van der Waals surface area contributed by atoms with Gasteiger partial charge in [-0.3, -0.25) is 0 Å². The Kier molecular flexibility index (Phi) is 4.22. The first-order valence-electron chi connectivity index (χ1n) is 7.38. The lowest BCUT2D eigenvalue weighted by Gasteiger charge is -2.42. The number of hydrogen-bond donors (Lipinski definition) is 1. The molecule has 0 aliphatic heterocycles. The van der Waals surface area contributed by atoms with Gasteiger partial charge in [0.1, 0.15) is 0 Å². The maximum absolute atomic E-state index is 10.5. The summed E-state index contributed by atoms with van der Waals surface area (Å²) in [5, 5.41) is 11.9. The molecule has 0 aromatic heterocycles. The lowest BCUT2D eigenvalue weighted by Crippen LogP contribution is -2.50. The van der Waals surface area contributed by atoms with Gasteiger partial charge in [-0.15, -0.1) is 0 Å². The van der Waals surface area contributed by atoms with Gasteiger partial charge in [-0.1, -0.05) is 54.6 Å². The highest BCUT2D eigenvalue weighted by molar-refractivity contribution is 5.63. The zero-order valence-electron chi connectivity index (χ0n) is 13.6. The van der Waals surface area contributed by atoms with Crippen LogP contribution in [0, 0.1) is 0 Å². The molecule has 0 aliphatic carbocycles. The molecule has 0 unspecified atom stereocenters. The average Bonchev–Trinajstić information content (AvgIpc) is 2.46. The van der Waals surface area contributed by atoms with Crippen LogP contribution in [0.15, 0.2) is 54.6 Å². The molecule has 0 atom stereocenters. The second kappa shape index (κ2) is 5.63. The van der Waals surface area contributed by atoms with Crippen LogP contribution in [-0.2, 0) is 5.54 Å². The Hall–Kier alpha value is -1.64. The molecule has 2 rings (SSSR count). The molecule has 2 heteroatoms. The predicted octanol–water partition coefficient (Wildman–Crippen LogP) is 5.08. The van der Waals surface area contributed by atoms with Gasteiger partial charge < -0.3 is 5.21 Å². The minimum Gasteiger partial charge on any atom is -0.313 e. The number of nitrogens with zero attached hydrogens (tertiary/aromatic N) is 1. The van der Waals surface area contributed by atoms with E-state index in [1.165, 1.54) is 16.2 Å². The van der Waals surface area contributed by atoms with Crippen LogP contribution >= 0.6 is 0 Å². The van der Waals surface area contributed by atoms with Crippen molar-refractivity contribution < 1.29 is 5.21 Å². The van der Waals surface area contributed by atoms with Crippen LogP contribution in [0.25, 0.3) is 11.1 Å². The molecule has 2 aromatic rings. The van der Waals surface area contributed by atoms with Gasteiger partial charge in [0.25, 0.3) is 0 Å². The Bertz CT molecular complexity index is 579. The lowest BCUT2D eigenvalue weighted by molar-refractivity contribution is -0.222. The Morgan fingerprint density at radius 3 is 1.67 bits per heavy atom. The van der Waals surface area contributed by atoms with E-state index in [9.17, 15) is 5.21 Å². The first-order chi connectivity index (χ1) is 9.73. The summed E-state index contributed by atoms with van der Waals surface area (Å²) in [7, 11) is 0. The van der Waals surface area contributed by atoms with Gasteiger partial charge in [-0.25, -0.2) is 0 Å². The van der Waals surface area contributed by atoms with E-state index >= 15 is 0 Å².